The van der Waals surface area contributed by atoms with Crippen molar-refractivity contribution in [1.82, 2.24) is 18.7 Å². The highest BCUT2D eigenvalue weighted by molar-refractivity contribution is 5.69. The molecule has 0 saturated heterocycles. The standard InChI is InChI=1S/C23H40N4O4/c1-25-18-24-21-20(25)22(30)27(23(31)26(21)2)16-14-12-10-8-6-4-3-5-7-9-11-13-15-19(29)17-28/h18-19,28-29H,3-17H2,1-2H3. The molecule has 0 aliphatic heterocycles. The molecular formula is C23H40N4O4. The molecule has 2 rings (SSSR count). The minimum atomic E-state index is -0.545. The molecule has 31 heavy (non-hydrogen) atoms. The molecule has 1 unspecified atom stereocenters. The molecule has 2 aromatic rings. The summed E-state index contributed by atoms with van der Waals surface area (Å²) in [6, 6.07) is 0. The number of hydrogen-bond donors (Lipinski definition) is 2. The van der Waals surface area contributed by atoms with Gasteiger partial charge in [0, 0.05) is 20.6 Å². The summed E-state index contributed by atoms with van der Waals surface area (Å²) >= 11 is 0. The van der Waals surface area contributed by atoms with Crippen molar-refractivity contribution < 1.29 is 10.2 Å². The largest absolute Gasteiger partial charge is 0.394 e. The van der Waals surface area contributed by atoms with Gasteiger partial charge >= 0.3 is 5.69 Å². The minimum absolute atomic E-state index is 0.127. The van der Waals surface area contributed by atoms with Gasteiger partial charge in [0.2, 0.25) is 0 Å². The fourth-order valence-electron chi connectivity index (χ4n) is 4.10. The normalized spacial score (nSPS) is 12.6. The molecule has 0 fully saturated rings. The third-order valence-electron chi connectivity index (χ3n) is 6.08. The summed E-state index contributed by atoms with van der Waals surface area (Å²) in [7, 11) is 3.44. The molecule has 176 valence electrons. The Balaban J connectivity index is 1.53. The van der Waals surface area contributed by atoms with Crippen LogP contribution in [0.5, 0.6) is 0 Å². The second kappa shape index (κ2) is 13.5. The predicted molar refractivity (Wildman–Crippen MR) is 123 cm³/mol. The van der Waals surface area contributed by atoms with E-state index in [0.717, 1.165) is 32.1 Å². The first kappa shape index (κ1) is 25.3. The van der Waals surface area contributed by atoms with Crippen molar-refractivity contribution in [3.8, 4) is 0 Å². The fraction of sp³-hybridized carbons (Fsp3) is 0.783. The quantitative estimate of drug-likeness (QED) is 0.394. The lowest BCUT2D eigenvalue weighted by atomic mass is 10.0. The zero-order chi connectivity index (χ0) is 22.6. The highest BCUT2D eigenvalue weighted by Crippen LogP contribution is 2.13. The Morgan fingerprint density at radius 3 is 1.94 bits per heavy atom. The zero-order valence-corrected chi connectivity index (χ0v) is 19.3. The summed E-state index contributed by atoms with van der Waals surface area (Å²) in [4.78, 5) is 29.3. The Kier molecular flexibility index (Phi) is 11.0. The van der Waals surface area contributed by atoms with Crippen molar-refractivity contribution in [2.75, 3.05) is 6.61 Å². The molecule has 8 heteroatoms. The van der Waals surface area contributed by atoms with E-state index in [1.54, 1.807) is 25.0 Å². The van der Waals surface area contributed by atoms with Crippen molar-refractivity contribution in [1.29, 1.82) is 0 Å². The van der Waals surface area contributed by atoms with Crippen LogP contribution < -0.4 is 11.2 Å². The van der Waals surface area contributed by atoms with E-state index in [2.05, 4.69) is 4.98 Å². The van der Waals surface area contributed by atoms with E-state index >= 15 is 0 Å². The third-order valence-corrected chi connectivity index (χ3v) is 6.08. The first-order valence-electron chi connectivity index (χ1n) is 11.9. The first-order chi connectivity index (χ1) is 15.0. The summed E-state index contributed by atoms with van der Waals surface area (Å²) in [6.07, 6.45) is 15.6. The summed E-state index contributed by atoms with van der Waals surface area (Å²) in [5, 5.41) is 18.1. The number of hydrogen-bond acceptors (Lipinski definition) is 5. The van der Waals surface area contributed by atoms with Crippen LogP contribution in [0.3, 0.4) is 0 Å². The maximum absolute atomic E-state index is 12.6. The van der Waals surface area contributed by atoms with Gasteiger partial charge in [0.15, 0.2) is 11.2 Å². The Hall–Kier alpha value is -1.93. The molecule has 0 spiro atoms. The predicted octanol–water partition coefficient (Wildman–Crippen LogP) is 2.86. The van der Waals surface area contributed by atoms with Gasteiger partial charge in [0.1, 0.15) is 0 Å². The number of aliphatic hydroxyl groups is 2. The van der Waals surface area contributed by atoms with Gasteiger partial charge in [-0.1, -0.05) is 70.6 Å². The van der Waals surface area contributed by atoms with Crippen molar-refractivity contribution in [2.24, 2.45) is 14.1 Å². The lowest BCUT2D eigenvalue weighted by molar-refractivity contribution is 0.0860. The molecule has 0 aromatic carbocycles. The lowest BCUT2D eigenvalue weighted by Crippen LogP contribution is -2.39. The van der Waals surface area contributed by atoms with Crippen LogP contribution in [0.1, 0.15) is 83.5 Å². The Morgan fingerprint density at radius 1 is 0.871 bits per heavy atom. The highest BCUT2D eigenvalue weighted by atomic mass is 16.3. The molecule has 0 radical (unpaired) electrons. The van der Waals surface area contributed by atoms with Crippen LogP contribution in [0.4, 0.5) is 0 Å². The van der Waals surface area contributed by atoms with Crippen molar-refractivity contribution in [3.63, 3.8) is 0 Å². The maximum atomic E-state index is 12.6. The SMILES string of the molecule is Cn1cnc2c1c(=O)n(CCCCCCCCCCCCCCC(O)CO)c(=O)n2C. The van der Waals surface area contributed by atoms with Gasteiger partial charge in [-0.05, 0) is 12.8 Å². The van der Waals surface area contributed by atoms with E-state index in [1.165, 1.54) is 54.1 Å². The van der Waals surface area contributed by atoms with Crippen molar-refractivity contribution in [2.45, 2.75) is 96.1 Å². The highest BCUT2D eigenvalue weighted by Gasteiger charge is 2.14. The van der Waals surface area contributed by atoms with Gasteiger partial charge in [-0.2, -0.15) is 0 Å². The molecular weight excluding hydrogens is 396 g/mol. The molecule has 0 amide bonds. The van der Waals surface area contributed by atoms with Gasteiger partial charge in [-0.3, -0.25) is 13.9 Å². The van der Waals surface area contributed by atoms with E-state index in [4.69, 9.17) is 5.11 Å². The van der Waals surface area contributed by atoms with Gasteiger partial charge in [0.25, 0.3) is 5.56 Å². The van der Waals surface area contributed by atoms with E-state index in [-0.39, 0.29) is 17.9 Å². The molecule has 0 saturated carbocycles. The van der Waals surface area contributed by atoms with E-state index in [9.17, 15) is 14.7 Å². The molecule has 0 bridgehead atoms. The number of rotatable bonds is 16. The lowest BCUT2D eigenvalue weighted by Gasteiger charge is -2.08. The summed E-state index contributed by atoms with van der Waals surface area (Å²) in [6.45, 7) is 0.333. The van der Waals surface area contributed by atoms with Gasteiger partial charge < -0.3 is 14.8 Å². The van der Waals surface area contributed by atoms with Gasteiger partial charge in [-0.15, -0.1) is 0 Å². The molecule has 8 nitrogen and oxygen atoms in total. The van der Waals surface area contributed by atoms with Crippen molar-refractivity contribution >= 4 is 11.2 Å². The number of nitrogens with zero attached hydrogens (tertiary/aromatic N) is 4. The van der Waals surface area contributed by atoms with Crippen LogP contribution in [0.2, 0.25) is 0 Å². The summed E-state index contributed by atoms with van der Waals surface area (Å²) in [5.74, 6) is 0. The molecule has 2 aromatic heterocycles. The second-order valence-corrected chi connectivity index (χ2v) is 8.69. The number of aromatic nitrogens is 4. The third kappa shape index (κ3) is 7.61. The molecule has 2 heterocycles. The molecule has 2 N–H and O–H groups in total. The Labute approximate surface area is 184 Å². The summed E-state index contributed by atoms with van der Waals surface area (Å²) < 4.78 is 4.47. The average molecular weight is 437 g/mol. The van der Waals surface area contributed by atoms with Gasteiger partial charge in [-0.25, -0.2) is 9.78 Å². The monoisotopic (exact) mass is 436 g/mol. The first-order valence-corrected chi connectivity index (χ1v) is 11.9. The fourth-order valence-corrected chi connectivity index (χ4v) is 4.10. The second-order valence-electron chi connectivity index (χ2n) is 8.69. The van der Waals surface area contributed by atoms with E-state index < -0.39 is 6.10 Å². The molecule has 1 atom stereocenters. The zero-order valence-electron chi connectivity index (χ0n) is 19.3. The number of fused-ring (bicyclic) bond motifs is 1. The smallest absolute Gasteiger partial charge is 0.332 e. The number of aryl methyl sites for hydroxylation is 2. The Morgan fingerprint density at radius 2 is 1.39 bits per heavy atom. The van der Waals surface area contributed by atoms with Crippen LogP contribution >= 0.6 is 0 Å². The van der Waals surface area contributed by atoms with Crippen LogP contribution in [-0.2, 0) is 20.6 Å². The Bertz CT molecular complexity index is 899. The van der Waals surface area contributed by atoms with Crippen LogP contribution in [0.15, 0.2) is 15.9 Å². The van der Waals surface area contributed by atoms with Crippen molar-refractivity contribution in [3.05, 3.63) is 27.2 Å². The average Bonchev–Trinajstić information content (AvgIpc) is 3.15. The maximum Gasteiger partial charge on any atom is 0.332 e. The van der Waals surface area contributed by atoms with Crippen LogP contribution in [-0.4, -0.2) is 41.6 Å². The molecule has 0 aliphatic rings. The summed E-state index contributed by atoms with van der Waals surface area (Å²) in [5.41, 5.74) is 0.377. The topological polar surface area (TPSA) is 102 Å². The van der Waals surface area contributed by atoms with Gasteiger partial charge in [0.05, 0.1) is 19.0 Å². The van der Waals surface area contributed by atoms with E-state index in [0.29, 0.717) is 24.1 Å². The van der Waals surface area contributed by atoms with Crippen LogP contribution in [0.25, 0.3) is 11.2 Å². The molecule has 0 aliphatic carbocycles. The van der Waals surface area contributed by atoms with Crippen LogP contribution in [0, 0.1) is 0 Å². The number of unbranched alkanes of at least 4 members (excludes halogenated alkanes) is 11. The minimum Gasteiger partial charge on any atom is -0.394 e. The number of imidazole rings is 1. The number of aliphatic hydroxyl groups excluding tert-OH is 2. The van der Waals surface area contributed by atoms with E-state index in [1.807, 2.05) is 0 Å².